The molecule has 1 aromatic carbocycles. The van der Waals surface area contributed by atoms with Crippen molar-refractivity contribution in [1.82, 2.24) is 30.0 Å². The van der Waals surface area contributed by atoms with E-state index in [1.165, 1.54) is 0 Å². The number of aromatic carboxylic acids is 1. The second-order valence-electron chi connectivity index (χ2n) is 9.81. The number of hydrogen-bond acceptors (Lipinski definition) is 6. The molecule has 4 rings (SSSR count). The van der Waals surface area contributed by atoms with Gasteiger partial charge in [0.2, 0.25) is 5.95 Å². The van der Waals surface area contributed by atoms with Gasteiger partial charge in [-0.15, -0.1) is 0 Å². The van der Waals surface area contributed by atoms with Crippen molar-refractivity contribution in [3.05, 3.63) is 54.0 Å². The summed E-state index contributed by atoms with van der Waals surface area (Å²) in [6, 6.07) is 6.96. The number of aromatic nitrogens is 4. The zero-order valence-corrected chi connectivity index (χ0v) is 20.4. The molecule has 2 aromatic heterocycles. The maximum absolute atomic E-state index is 12.4. The third-order valence-electron chi connectivity index (χ3n) is 5.85. The molecule has 184 valence electrons. The normalized spacial score (nSPS) is 14.6. The lowest BCUT2D eigenvalue weighted by Gasteiger charge is -2.34. The summed E-state index contributed by atoms with van der Waals surface area (Å²) in [6.07, 6.45) is 6.92. The number of aryl methyl sites for hydroxylation is 1. The van der Waals surface area contributed by atoms with E-state index >= 15 is 0 Å². The number of likely N-dealkylation sites (tertiary alicyclic amines) is 1. The molecule has 3 aromatic rings. The Morgan fingerprint density at radius 2 is 1.83 bits per heavy atom. The topological polar surface area (TPSA) is 125 Å². The molecule has 2 amide bonds. The summed E-state index contributed by atoms with van der Waals surface area (Å²) in [4.78, 5) is 34.9. The van der Waals surface area contributed by atoms with E-state index in [1.54, 1.807) is 36.7 Å². The Hall–Kier alpha value is -3.95. The van der Waals surface area contributed by atoms with Crippen molar-refractivity contribution in [1.29, 1.82) is 0 Å². The van der Waals surface area contributed by atoms with E-state index < -0.39 is 5.97 Å². The quantitative estimate of drug-likeness (QED) is 0.502. The number of urea groups is 1. The zero-order chi connectivity index (χ0) is 25.2. The molecule has 3 heterocycles. The second kappa shape index (κ2) is 9.73. The largest absolute Gasteiger partial charge is 0.478 e. The van der Waals surface area contributed by atoms with E-state index in [1.807, 2.05) is 43.5 Å². The Bertz CT molecular complexity index is 1220. The predicted molar refractivity (Wildman–Crippen MR) is 133 cm³/mol. The van der Waals surface area contributed by atoms with Crippen molar-refractivity contribution >= 4 is 23.6 Å². The highest BCUT2D eigenvalue weighted by Crippen LogP contribution is 2.27. The van der Waals surface area contributed by atoms with Gasteiger partial charge in [-0.05, 0) is 52.2 Å². The van der Waals surface area contributed by atoms with Crippen molar-refractivity contribution < 1.29 is 14.7 Å². The number of carboxylic acids is 1. The van der Waals surface area contributed by atoms with Crippen LogP contribution < -0.4 is 10.6 Å². The van der Waals surface area contributed by atoms with E-state index in [2.05, 4.69) is 25.7 Å². The van der Waals surface area contributed by atoms with Crippen LogP contribution in [0.15, 0.2) is 42.9 Å². The van der Waals surface area contributed by atoms with Gasteiger partial charge in [-0.2, -0.15) is 5.10 Å². The van der Waals surface area contributed by atoms with Crippen LogP contribution in [0.5, 0.6) is 0 Å². The summed E-state index contributed by atoms with van der Waals surface area (Å²) in [5, 5.41) is 20.2. The summed E-state index contributed by atoms with van der Waals surface area (Å²) in [7, 11) is 0. The molecule has 35 heavy (non-hydrogen) atoms. The monoisotopic (exact) mass is 477 g/mol. The van der Waals surface area contributed by atoms with Gasteiger partial charge >= 0.3 is 12.0 Å². The highest BCUT2D eigenvalue weighted by Gasteiger charge is 2.26. The molecule has 0 spiro atoms. The van der Waals surface area contributed by atoms with Gasteiger partial charge in [0.25, 0.3) is 0 Å². The molecule has 1 aliphatic rings. The maximum Gasteiger partial charge on any atom is 0.336 e. The molecular formula is C25H31N7O3. The molecule has 0 radical (unpaired) electrons. The van der Waals surface area contributed by atoms with Gasteiger partial charge in [0.1, 0.15) is 0 Å². The van der Waals surface area contributed by atoms with Crippen molar-refractivity contribution in [2.45, 2.75) is 52.1 Å². The molecule has 10 heteroatoms. The van der Waals surface area contributed by atoms with Crippen molar-refractivity contribution in [2.75, 3.05) is 18.4 Å². The third kappa shape index (κ3) is 5.76. The molecule has 0 unspecified atom stereocenters. The number of carbonyl (C=O) groups is 2. The first-order valence-electron chi connectivity index (χ1n) is 11.7. The van der Waals surface area contributed by atoms with Crippen molar-refractivity contribution in [2.24, 2.45) is 0 Å². The number of piperidine rings is 1. The van der Waals surface area contributed by atoms with Gasteiger partial charge in [0.05, 0.1) is 29.2 Å². The SMILES string of the molecule is Cc1cnc(Nc2cnn(C3CCN(C(=O)NC(C)(C)C)CC3)c2)nc1-c1ccccc1C(=O)O. The molecule has 0 saturated carbocycles. The first kappa shape index (κ1) is 24.2. The standard InChI is InChI=1S/C25H31N7O3/c1-16-13-26-23(29-21(16)19-7-5-6-8-20(19)22(33)34)28-17-14-27-32(15-17)18-9-11-31(12-10-18)24(35)30-25(2,3)4/h5-8,13-15,18H,9-12H2,1-4H3,(H,30,35)(H,33,34)(H,26,28,29). The van der Waals surface area contributed by atoms with Gasteiger partial charge in [0.15, 0.2) is 0 Å². The molecule has 10 nitrogen and oxygen atoms in total. The van der Waals surface area contributed by atoms with Crippen LogP contribution in [0.25, 0.3) is 11.3 Å². The number of amides is 2. The van der Waals surface area contributed by atoms with Crippen LogP contribution in [0.1, 0.15) is 55.6 Å². The highest BCUT2D eigenvalue weighted by molar-refractivity contribution is 5.95. The molecule has 1 aliphatic heterocycles. The van der Waals surface area contributed by atoms with Crippen LogP contribution in [0.2, 0.25) is 0 Å². The molecule has 0 bridgehead atoms. The summed E-state index contributed by atoms with van der Waals surface area (Å²) in [5.41, 5.74) is 2.55. The van der Waals surface area contributed by atoms with E-state index in [-0.39, 0.29) is 23.2 Å². The number of benzene rings is 1. The van der Waals surface area contributed by atoms with Crippen LogP contribution in [0.3, 0.4) is 0 Å². The number of carboxylic acid groups (broad SMARTS) is 1. The van der Waals surface area contributed by atoms with Gasteiger partial charge in [-0.1, -0.05) is 18.2 Å². The number of nitrogens with zero attached hydrogens (tertiary/aromatic N) is 5. The minimum absolute atomic E-state index is 0.0319. The molecule has 0 aliphatic carbocycles. The third-order valence-corrected chi connectivity index (χ3v) is 5.85. The smallest absolute Gasteiger partial charge is 0.336 e. The first-order chi connectivity index (χ1) is 16.6. The highest BCUT2D eigenvalue weighted by atomic mass is 16.4. The second-order valence-corrected chi connectivity index (χ2v) is 9.81. The lowest BCUT2D eigenvalue weighted by Crippen LogP contribution is -2.50. The van der Waals surface area contributed by atoms with Crippen LogP contribution in [-0.4, -0.2) is 60.4 Å². The summed E-state index contributed by atoms with van der Waals surface area (Å²) in [6.45, 7) is 9.11. The van der Waals surface area contributed by atoms with Crippen LogP contribution in [-0.2, 0) is 0 Å². The minimum Gasteiger partial charge on any atom is -0.478 e. The van der Waals surface area contributed by atoms with E-state index in [4.69, 9.17) is 0 Å². The number of carbonyl (C=O) groups excluding carboxylic acids is 1. The van der Waals surface area contributed by atoms with E-state index in [0.29, 0.717) is 30.3 Å². The average Bonchev–Trinajstić information content (AvgIpc) is 3.28. The lowest BCUT2D eigenvalue weighted by molar-refractivity contribution is 0.0697. The molecule has 1 saturated heterocycles. The Labute approximate surface area is 204 Å². The Morgan fingerprint density at radius 1 is 1.11 bits per heavy atom. The summed E-state index contributed by atoms with van der Waals surface area (Å²) < 4.78 is 1.91. The fourth-order valence-electron chi connectivity index (χ4n) is 4.12. The van der Waals surface area contributed by atoms with E-state index in [9.17, 15) is 14.7 Å². The number of hydrogen-bond donors (Lipinski definition) is 3. The van der Waals surface area contributed by atoms with Crippen LogP contribution >= 0.6 is 0 Å². The number of nitrogens with one attached hydrogen (secondary N) is 2. The van der Waals surface area contributed by atoms with Crippen LogP contribution in [0.4, 0.5) is 16.4 Å². The molecular weight excluding hydrogens is 446 g/mol. The van der Waals surface area contributed by atoms with Gasteiger partial charge < -0.3 is 20.6 Å². The Kier molecular flexibility index (Phi) is 6.72. The maximum atomic E-state index is 12.4. The van der Waals surface area contributed by atoms with Gasteiger partial charge in [0, 0.05) is 36.6 Å². The van der Waals surface area contributed by atoms with Crippen molar-refractivity contribution in [3.8, 4) is 11.3 Å². The van der Waals surface area contributed by atoms with Gasteiger partial charge in [-0.25, -0.2) is 19.6 Å². The molecule has 0 atom stereocenters. The number of rotatable bonds is 5. The Morgan fingerprint density at radius 3 is 2.51 bits per heavy atom. The summed E-state index contributed by atoms with van der Waals surface area (Å²) >= 11 is 0. The lowest BCUT2D eigenvalue weighted by atomic mass is 10.0. The molecule has 1 fully saturated rings. The van der Waals surface area contributed by atoms with E-state index in [0.717, 1.165) is 24.1 Å². The Balaban J connectivity index is 1.44. The van der Waals surface area contributed by atoms with Gasteiger partial charge in [-0.3, -0.25) is 4.68 Å². The minimum atomic E-state index is -1.00. The zero-order valence-electron chi connectivity index (χ0n) is 20.4. The van der Waals surface area contributed by atoms with Crippen LogP contribution in [0, 0.1) is 6.92 Å². The summed E-state index contributed by atoms with van der Waals surface area (Å²) in [5.74, 6) is -0.643. The first-order valence-corrected chi connectivity index (χ1v) is 11.7. The average molecular weight is 478 g/mol. The fraction of sp³-hybridized carbons (Fsp3) is 0.400. The predicted octanol–water partition coefficient (Wildman–Crippen LogP) is 4.24. The fourth-order valence-corrected chi connectivity index (χ4v) is 4.12. The van der Waals surface area contributed by atoms with Crippen molar-refractivity contribution in [3.63, 3.8) is 0 Å². The molecule has 3 N–H and O–H groups in total. The number of anilines is 2.